The average Bonchev–Trinajstić information content (AvgIpc) is 3.52. The fraction of sp³-hybridized carbons (Fsp3) is 0.676. The predicted octanol–water partition coefficient (Wildman–Crippen LogP) is 5.35. The van der Waals surface area contributed by atoms with Crippen molar-refractivity contribution in [2.45, 2.75) is 112 Å². The van der Waals surface area contributed by atoms with E-state index in [-0.39, 0.29) is 36.2 Å². The molecule has 0 aromatic heterocycles. The van der Waals surface area contributed by atoms with E-state index in [1.165, 1.54) is 37.3 Å². The second-order valence-corrected chi connectivity index (χ2v) is 13.8. The van der Waals surface area contributed by atoms with Crippen LogP contribution in [0.5, 0.6) is 0 Å². The molecular weight excluding hydrogens is 578 g/mol. The van der Waals surface area contributed by atoms with E-state index in [1.807, 2.05) is 44.2 Å². The lowest BCUT2D eigenvalue weighted by Gasteiger charge is -2.31. The summed E-state index contributed by atoms with van der Waals surface area (Å²) >= 11 is 0. The molecule has 2 aliphatic heterocycles. The Morgan fingerprint density at radius 2 is 1.50 bits per heavy atom. The number of likely N-dealkylation sites (tertiary alicyclic amines) is 2. The molecule has 2 heterocycles. The van der Waals surface area contributed by atoms with Gasteiger partial charge in [-0.3, -0.25) is 19.2 Å². The molecule has 0 spiro atoms. The fourth-order valence-corrected chi connectivity index (χ4v) is 5.62. The number of hydrogen-bond donors (Lipinski definition) is 1. The van der Waals surface area contributed by atoms with Gasteiger partial charge in [-0.05, 0) is 76.9 Å². The van der Waals surface area contributed by atoms with Crippen molar-refractivity contribution in [3.8, 4) is 0 Å². The van der Waals surface area contributed by atoms with Gasteiger partial charge in [-0.1, -0.05) is 77.4 Å². The zero-order valence-electron chi connectivity index (χ0n) is 30.4. The number of likely N-dealkylation sites (N-methyl/N-ethyl adjacent to an activating group) is 2. The van der Waals surface area contributed by atoms with E-state index in [2.05, 4.69) is 44.8 Å². The molecule has 1 aromatic carbocycles. The van der Waals surface area contributed by atoms with Crippen molar-refractivity contribution in [2.75, 3.05) is 40.3 Å². The molecule has 46 heavy (non-hydrogen) atoms. The minimum absolute atomic E-state index is 0.0611. The van der Waals surface area contributed by atoms with Gasteiger partial charge in [0.2, 0.25) is 24.1 Å². The number of carbonyl (C=O) groups is 4. The second-order valence-electron chi connectivity index (χ2n) is 13.8. The van der Waals surface area contributed by atoms with Crippen molar-refractivity contribution in [1.82, 2.24) is 24.9 Å². The molecule has 9 heteroatoms. The standard InChI is InChI=1S/C25H36N4O4.C8H17N.C4H10/c1-18(2)22(28(5)23(31)15-26-17-30)14-19(3)24(32)29-13-9-12-21(29)25(33)27(4)16-20-10-7-6-8-11-20;1-8(2)9-6-4-3-5-7-9;1-4(2)3/h6-8,10-11,14,17-18,21-22H,9,12-13,15-16H2,1-5H3,(H,26,30);8H,3-7H2,1-2H3;4H,1-3H3/b19-14+;;/t21-,22+;;/m0../s1. The van der Waals surface area contributed by atoms with Gasteiger partial charge in [-0.2, -0.15) is 0 Å². The summed E-state index contributed by atoms with van der Waals surface area (Å²) in [6.07, 6.45) is 7.97. The van der Waals surface area contributed by atoms with Gasteiger partial charge < -0.3 is 24.9 Å². The van der Waals surface area contributed by atoms with E-state index in [0.717, 1.165) is 23.9 Å². The number of hydrogen-bond acceptors (Lipinski definition) is 5. The molecule has 0 radical (unpaired) electrons. The van der Waals surface area contributed by atoms with Crippen molar-refractivity contribution >= 4 is 24.1 Å². The van der Waals surface area contributed by atoms with Crippen molar-refractivity contribution in [3.05, 3.63) is 47.5 Å². The molecule has 2 saturated heterocycles. The van der Waals surface area contributed by atoms with E-state index in [1.54, 1.807) is 36.9 Å². The van der Waals surface area contributed by atoms with Crippen LogP contribution < -0.4 is 5.32 Å². The van der Waals surface area contributed by atoms with Gasteiger partial charge in [0.05, 0.1) is 12.6 Å². The molecule has 4 amide bonds. The number of benzene rings is 1. The minimum atomic E-state index is -0.483. The predicted molar refractivity (Wildman–Crippen MR) is 188 cm³/mol. The van der Waals surface area contributed by atoms with Gasteiger partial charge in [0.25, 0.3) is 0 Å². The molecule has 2 aliphatic rings. The Balaban J connectivity index is 0.000000674. The largest absolute Gasteiger partial charge is 0.350 e. The van der Waals surface area contributed by atoms with Crippen LogP contribution in [0.15, 0.2) is 42.0 Å². The summed E-state index contributed by atoms with van der Waals surface area (Å²) in [4.78, 5) is 56.7. The first-order valence-corrected chi connectivity index (χ1v) is 17.2. The lowest BCUT2D eigenvalue weighted by atomic mass is 9.99. The molecule has 1 aromatic rings. The van der Waals surface area contributed by atoms with Crippen LogP contribution in [0.4, 0.5) is 0 Å². The minimum Gasteiger partial charge on any atom is -0.350 e. The Morgan fingerprint density at radius 3 is 2.00 bits per heavy atom. The molecule has 0 unspecified atom stereocenters. The Bertz CT molecular complexity index is 1080. The Kier molecular flexibility index (Phi) is 19.1. The SMILES string of the molecule is C/C(=C\[C@H](C(C)C)N(C)C(=O)CNC=O)C(=O)N1CCC[C@H]1C(=O)N(C)Cc1ccccc1.CC(C)C.CC(C)N1CCCCC1. The summed E-state index contributed by atoms with van der Waals surface area (Å²) in [5.41, 5.74) is 1.54. The van der Waals surface area contributed by atoms with E-state index in [0.29, 0.717) is 31.5 Å². The van der Waals surface area contributed by atoms with E-state index in [9.17, 15) is 19.2 Å². The van der Waals surface area contributed by atoms with Crippen LogP contribution >= 0.6 is 0 Å². The lowest BCUT2D eigenvalue weighted by Crippen LogP contribution is -2.47. The third-order valence-corrected chi connectivity index (χ3v) is 8.18. The van der Waals surface area contributed by atoms with Gasteiger partial charge in [0.15, 0.2) is 0 Å². The molecule has 260 valence electrons. The maximum Gasteiger partial charge on any atom is 0.249 e. The monoisotopic (exact) mass is 641 g/mol. The van der Waals surface area contributed by atoms with Crippen LogP contribution in [0.3, 0.4) is 0 Å². The van der Waals surface area contributed by atoms with Gasteiger partial charge >= 0.3 is 0 Å². The molecule has 0 aliphatic carbocycles. The number of amides is 4. The summed E-state index contributed by atoms with van der Waals surface area (Å²) in [5.74, 6) is 0.404. The summed E-state index contributed by atoms with van der Waals surface area (Å²) in [6, 6.07) is 9.74. The maximum atomic E-state index is 13.3. The number of nitrogens with zero attached hydrogens (tertiary/aromatic N) is 4. The lowest BCUT2D eigenvalue weighted by molar-refractivity contribution is -0.141. The normalized spacial score (nSPS) is 17.5. The third kappa shape index (κ3) is 14.5. The molecule has 2 fully saturated rings. The summed E-state index contributed by atoms with van der Waals surface area (Å²) in [7, 11) is 3.43. The van der Waals surface area contributed by atoms with Crippen molar-refractivity contribution in [1.29, 1.82) is 0 Å². The van der Waals surface area contributed by atoms with Crippen LogP contribution in [-0.2, 0) is 25.7 Å². The molecule has 1 N–H and O–H groups in total. The first-order chi connectivity index (χ1) is 21.7. The maximum absolute atomic E-state index is 13.3. The highest BCUT2D eigenvalue weighted by molar-refractivity contribution is 5.97. The average molecular weight is 642 g/mol. The highest BCUT2D eigenvalue weighted by Gasteiger charge is 2.36. The van der Waals surface area contributed by atoms with E-state index < -0.39 is 6.04 Å². The Morgan fingerprint density at radius 1 is 0.913 bits per heavy atom. The first kappa shape index (κ1) is 40.8. The summed E-state index contributed by atoms with van der Waals surface area (Å²) in [5, 5.41) is 2.38. The number of piperidine rings is 1. The fourth-order valence-electron chi connectivity index (χ4n) is 5.62. The molecular formula is C37H63N5O4. The Hall–Kier alpha value is -3.20. The highest BCUT2D eigenvalue weighted by Crippen LogP contribution is 2.23. The van der Waals surface area contributed by atoms with Crippen molar-refractivity contribution in [2.24, 2.45) is 11.8 Å². The number of carbonyl (C=O) groups excluding carboxylic acids is 4. The Labute approximate surface area is 279 Å². The quantitative estimate of drug-likeness (QED) is 0.260. The van der Waals surface area contributed by atoms with Gasteiger partial charge in [-0.25, -0.2) is 0 Å². The van der Waals surface area contributed by atoms with Crippen LogP contribution in [0, 0.1) is 11.8 Å². The van der Waals surface area contributed by atoms with Crippen LogP contribution in [0.2, 0.25) is 0 Å². The summed E-state index contributed by atoms with van der Waals surface area (Å²) in [6.45, 7) is 20.3. The van der Waals surface area contributed by atoms with Gasteiger partial charge in [-0.15, -0.1) is 0 Å². The molecule has 9 nitrogen and oxygen atoms in total. The number of rotatable bonds is 11. The van der Waals surface area contributed by atoms with Crippen LogP contribution in [0.25, 0.3) is 0 Å². The highest BCUT2D eigenvalue weighted by atomic mass is 16.2. The first-order valence-electron chi connectivity index (χ1n) is 17.2. The van der Waals surface area contributed by atoms with E-state index in [4.69, 9.17) is 0 Å². The van der Waals surface area contributed by atoms with Crippen LogP contribution in [-0.4, -0.2) is 102 Å². The van der Waals surface area contributed by atoms with Crippen LogP contribution in [0.1, 0.15) is 93.1 Å². The zero-order valence-corrected chi connectivity index (χ0v) is 30.4. The zero-order chi connectivity index (χ0) is 34.8. The second kappa shape index (κ2) is 21.6. The number of nitrogens with one attached hydrogen (secondary N) is 1. The third-order valence-electron chi connectivity index (χ3n) is 8.18. The molecule has 0 bridgehead atoms. The van der Waals surface area contributed by atoms with Gasteiger partial charge in [0, 0.05) is 38.8 Å². The van der Waals surface area contributed by atoms with Crippen molar-refractivity contribution < 1.29 is 19.2 Å². The van der Waals surface area contributed by atoms with Crippen molar-refractivity contribution in [3.63, 3.8) is 0 Å². The van der Waals surface area contributed by atoms with E-state index >= 15 is 0 Å². The smallest absolute Gasteiger partial charge is 0.249 e. The topological polar surface area (TPSA) is 93.3 Å². The van der Waals surface area contributed by atoms with Gasteiger partial charge in [0.1, 0.15) is 6.04 Å². The molecule has 2 atom stereocenters. The molecule has 3 rings (SSSR count). The summed E-state index contributed by atoms with van der Waals surface area (Å²) < 4.78 is 0. The molecule has 0 saturated carbocycles.